The molecular weight excluding hydrogens is 283 g/mol. The Morgan fingerprint density at radius 1 is 0.952 bits per heavy atom. The molecule has 8 heteroatoms. The second-order valence-electron chi connectivity index (χ2n) is 4.22. The first-order valence-corrected chi connectivity index (χ1v) is 5.86. The van der Waals surface area contributed by atoms with Crippen molar-refractivity contribution in [1.29, 1.82) is 0 Å². The van der Waals surface area contributed by atoms with Gasteiger partial charge in [-0.05, 0) is 40.8 Å². The van der Waals surface area contributed by atoms with E-state index in [1.54, 1.807) is 0 Å². The Labute approximate surface area is 116 Å². The van der Waals surface area contributed by atoms with Gasteiger partial charge in [0.15, 0.2) is 17.5 Å². The van der Waals surface area contributed by atoms with E-state index in [9.17, 15) is 13.2 Å². The van der Waals surface area contributed by atoms with Gasteiger partial charge < -0.3 is 5.73 Å². The fraction of sp³-hybridized carbons (Fsp3) is 0. The molecule has 21 heavy (non-hydrogen) atoms. The van der Waals surface area contributed by atoms with Gasteiger partial charge in [-0.25, -0.2) is 13.2 Å². The van der Waals surface area contributed by atoms with Crippen molar-refractivity contribution in [2.24, 2.45) is 0 Å². The Morgan fingerprint density at radius 2 is 1.67 bits per heavy atom. The van der Waals surface area contributed by atoms with Crippen molar-refractivity contribution in [3.63, 3.8) is 0 Å². The summed E-state index contributed by atoms with van der Waals surface area (Å²) in [6, 6.07) is 7.09. The highest BCUT2D eigenvalue weighted by Crippen LogP contribution is 2.26. The summed E-state index contributed by atoms with van der Waals surface area (Å²) in [5.41, 5.74) is 5.32. The number of para-hydroxylation sites is 1. The van der Waals surface area contributed by atoms with E-state index in [0.29, 0.717) is 0 Å². The van der Waals surface area contributed by atoms with E-state index in [4.69, 9.17) is 5.73 Å². The van der Waals surface area contributed by atoms with Crippen LogP contribution in [0.1, 0.15) is 0 Å². The van der Waals surface area contributed by atoms with E-state index in [0.717, 1.165) is 22.9 Å². The van der Waals surface area contributed by atoms with Crippen LogP contribution in [-0.4, -0.2) is 20.2 Å². The van der Waals surface area contributed by atoms with Crippen LogP contribution < -0.4 is 5.73 Å². The molecular formula is C13H8F3N5. The molecule has 0 saturated carbocycles. The molecule has 0 amide bonds. The second kappa shape index (κ2) is 4.89. The maximum absolute atomic E-state index is 13.9. The quantitative estimate of drug-likeness (QED) is 0.736. The van der Waals surface area contributed by atoms with Crippen LogP contribution in [0.25, 0.3) is 17.1 Å². The molecule has 0 aliphatic rings. The minimum Gasteiger partial charge on any atom is -0.399 e. The first-order valence-electron chi connectivity index (χ1n) is 5.86. The molecule has 1 aromatic heterocycles. The Morgan fingerprint density at radius 3 is 2.38 bits per heavy atom. The third-order valence-corrected chi connectivity index (χ3v) is 2.85. The summed E-state index contributed by atoms with van der Waals surface area (Å²) in [7, 11) is 0. The molecule has 0 spiro atoms. The fourth-order valence-corrected chi connectivity index (χ4v) is 1.91. The van der Waals surface area contributed by atoms with Crippen molar-refractivity contribution in [1.82, 2.24) is 20.2 Å². The lowest BCUT2D eigenvalue weighted by Gasteiger charge is -2.08. The van der Waals surface area contributed by atoms with E-state index in [1.807, 2.05) is 0 Å². The lowest BCUT2D eigenvalue weighted by molar-refractivity contribution is 0.556. The Kier molecular flexibility index (Phi) is 3.05. The van der Waals surface area contributed by atoms with Crippen LogP contribution in [0.2, 0.25) is 0 Å². The number of tetrazole rings is 1. The SMILES string of the molecule is Nc1ccc(F)c(-c2nnnn2-c2c(F)cccc2F)c1. The Balaban J connectivity index is 2.25. The number of anilines is 1. The summed E-state index contributed by atoms with van der Waals surface area (Å²) >= 11 is 0. The number of rotatable bonds is 2. The number of halogens is 3. The van der Waals surface area contributed by atoms with Crippen LogP contribution in [0.5, 0.6) is 0 Å². The molecule has 0 fully saturated rings. The number of hydrogen-bond donors (Lipinski definition) is 1. The van der Waals surface area contributed by atoms with Crippen LogP contribution in [0.4, 0.5) is 18.9 Å². The first kappa shape index (κ1) is 13.1. The Bertz CT molecular complexity index is 795. The van der Waals surface area contributed by atoms with Crippen molar-refractivity contribution in [2.45, 2.75) is 0 Å². The molecule has 0 saturated heterocycles. The predicted molar refractivity (Wildman–Crippen MR) is 68.9 cm³/mol. The van der Waals surface area contributed by atoms with Gasteiger partial charge in [-0.2, -0.15) is 4.68 Å². The monoisotopic (exact) mass is 291 g/mol. The van der Waals surface area contributed by atoms with Gasteiger partial charge in [0.1, 0.15) is 11.5 Å². The third kappa shape index (κ3) is 2.20. The zero-order valence-electron chi connectivity index (χ0n) is 10.5. The van der Waals surface area contributed by atoms with Gasteiger partial charge >= 0.3 is 0 Å². The molecule has 0 aliphatic heterocycles. The van der Waals surface area contributed by atoms with Crippen LogP contribution in [-0.2, 0) is 0 Å². The molecule has 0 unspecified atom stereocenters. The van der Waals surface area contributed by atoms with E-state index in [-0.39, 0.29) is 17.1 Å². The van der Waals surface area contributed by atoms with E-state index in [1.165, 1.54) is 18.2 Å². The predicted octanol–water partition coefficient (Wildman–Crippen LogP) is 2.33. The number of hydrogen-bond acceptors (Lipinski definition) is 4. The summed E-state index contributed by atoms with van der Waals surface area (Å²) in [5.74, 6) is -2.54. The normalized spacial score (nSPS) is 10.8. The van der Waals surface area contributed by atoms with E-state index >= 15 is 0 Å². The van der Waals surface area contributed by atoms with E-state index < -0.39 is 23.1 Å². The summed E-state index contributed by atoms with van der Waals surface area (Å²) in [6.45, 7) is 0. The van der Waals surface area contributed by atoms with Crippen LogP contribution in [0, 0.1) is 17.5 Å². The zero-order valence-corrected chi connectivity index (χ0v) is 10.5. The minimum absolute atomic E-state index is 0.0531. The number of nitrogens with two attached hydrogens (primary N) is 1. The number of nitrogen functional groups attached to an aromatic ring is 1. The van der Waals surface area contributed by atoms with Gasteiger partial charge in [0.2, 0.25) is 0 Å². The Hall–Kier alpha value is -2.90. The molecule has 1 heterocycles. The maximum Gasteiger partial charge on any atom is 0.190 e. The maximum atomic E-state index is 13.9. The van der Waals surface area contributed by atoms with Crippen molar-refractivity contribution in [2.75, 3.05) is 5.73 Å². The van der Waals surface area contributed by atoms with E-state index in [2.05, 4.69) is 15.5 Å². The summed E-state index contributed by atoms with van der Waals surface area (Å²) < 4.78 is 42.3. The number of nitrogens with zero attached hydrogens (tertiary/aromatic N) is 4. The number of aromatic nitrogens is 4. The van der Waals surface area contributed by atoms with Crippen molar-refractivity contribution < 1.29 is 13.2 Å². The molecule has 0 atom stereocenters. The molecule has 0 aliphatic carbocycles. The average molecular weight is 291 g/mol. The van der Waals surface area contributed by atoms with Crippen molar-refractivity contribution in [3.8, 4) is 17.1 Å². The van der Waals surface area contributed by atoms with Gasteiger partial charge in [-0.15, -0.1) is 5.10 Å². The summed E-state index contributed by atoms with van der Waals surface area (Å²) in [6.07, 6.45) is 0. The topological polar surface area (TPSA) is 69.6 Å². The zero-order chi connectivity index (χ0) is 15.0. The van der Waals surface area contributed by atoms with Crippen molar-refractivity contribution in [3.05, 3.63) is 53.8 Å². The molecule has 3 rings (SSSR count). The third-order valence-electron chi connectivity index (χ3n) is 2.85. The standard InChI is InChI=1S/C13H8F3N5/c14-9-5-4-7(17)6-8(9)13-18-19-20-21(13)12-10(15)2-1-3-11(12)16/h1-6H,17H2. The highest BCUT2D eigenvalue weighted by Gasteiger charge is 2.20. The summed E-state index contributed by atoms with van der Waals surface area (Å²) in [5, 5.41) is 10.5. The van der Waals surface area contributed by atoms with Gasteiger partial charge in [-0.3, -0.25) is 0 Å². The van der Waals surface area contributed by atoms with Crippen LogP contribution >= 0.6 is 0 Å². The average Bonchev–Trinajstić information content (AvgIpc) is 2.90. The molecule has 0 bridgehead atoms. The van der Waals surface area contributed by atoms with Crippen molar-refractivity contribution >= 4 is 5.69 Å². The minimum atomic E-state index is -0.868. The lowest BCUT2D eigenvalue weighted by atomic mass is 10.1. The molecule has 2 aromatic carbocycles. The largest absolute Gasteiger partial charge is 0.399 e. The highest BCUT2D eigenvalue weighted by molar-refractivity contribution is 5.63. The summed E-state index contributed by atoms with van der Waals surface area (Å²) in [4.78, 5) is 0. The smallest absolute Gasteiger partial charge is 0.190 e. The first-order chi connectivity index (χ1) is 10.1. The van der Waals surface area contributed by atoms with Gasteiger partial charge in [-0.1, -0.05) is 6.07 Å². The molecule has 106 valence electrons. The van der Waals surface area contributed by atoms with Crippen LogP contribution in [0.3, 0.4) is 0 Å². The number of benzene rings is 2. The fourth-order valence-electron chi connectivity index (χ4n) is 1.91. The van der Waals surface area contributed by atoms with Gasteiger partial charge in [0, 0.05) is 5.69 Å². The molecule has 5 nitrogen and oxygen atoms in total. The molecule has 0 radical (unpaired) electrons. The highest BCUT2D eigenvalue weighted by atomic mass is 19.1. The lowest BCUT2D eigenvalue weighted by Crippen LogP contribution is -2.06. The van der Waals surface area contributed by atoms with Gasteiger partial charge in [0.25, 0.3) is 0 Å². The van der Waals surface area contributed by atoms with Crippen LogP contribution in [0.15, 0.2) is 36.4 Å². The second-order valence-corrected chi connectivity index (χ2v) is 4.22. The molecule has 2 N–H and O–H groups in total. The molecule has 3 aromatic rings. The van der Waals surface area contributed by atoms with Gasteiger partial charge in [0.05, 0.1) is 5.56 Å².